The fraction of sp³-hybridized carbons (Fsp3) is 0.550. The Morgan fingerprint density at radius 1 is 1.15 bits per heavy atom. The third kappa shape index (κ3) is 5.40. The first-order valence-corrected chi connectivity index (χ1v) is 11.6. The average molecular weight is 391 g/mol. The van der Waals surface area contributed by atoms with Crippen LogP contribution in [0.5, 0.6) is 0 Å². The van der Waals surface area contributed by atoms with Gasteiger partial charge in [-0.05, 0) is 30.9 Å². The summed E-state index contributed by atoms with van der Waals surface area (Å²) in [4.78, 5) is 0. The van der Waals surface area contributed by atoms with Crippen molar-refractivity contribution in [2.45, 2.75) is 64.1 Å². The highest BCUT2D eigenvalue weighted by molar-refractivity contribution is 7.88. The lowest BCUT2D eigenvalue weighted by Crippen LogP contribution is -2.51. The second-order valence-electron chi connectivity index (χ2n) is 7.74. The maximum absolute atomic E-state index is 11.7. The molecule has 1 aliphatic carbocycles. The van der Waals surface area contributed by atoms with Gasteiger partial charge in [0.15, 0.2) is 0 Å². The molecule has 0 unspecified atom stereocenters. The number of hydrogen-bond donors (Lipinski definition) is 2. The zero-order valence-electron chi connectivity index (χ0n) is 16.4. The summed E-state index contributed by atoms with van der Waals surface area (Å²) in [6, 6.07) is 10.2. The van der Waals surface area contributed by atoms with Gasteiger partial charge in [0.25, 0.3) is 0 Å². The lowest BCUT2D eigenvalue weighted by molar-refractivity contribution is 0.309. The van der Waals surface area contributed by atoms with Crippen molar-refractivity contribution < 1.29 is 8.42 Å². The van der Waals surface area contributed by atoms with Crippen molar-refractivity contribution in [1.82, 2.24) is 19.8 Å². The smallest absolute Gasteiger partial charge is 0.209 e. The van der Waals surface area contributed by atoms with Crippen molar-refractivity contribution in [3.8, 4) is 5.69 Å². The molecular weight excluding hydrogens is 360 g/mol. The molecule has 0 amide bonds. The molecule has 0 aliphatic heterocycles. The molecule has 0 radical (unpaired) electrons. The van der Waals surface area contributed by atoms with Gasteiger partial charge in [-0.3, -0.25) is 0 Å². The summed E-state index contributed by atoms with van der Waals surface area (Å²) in [7, 11) is -3.20. The van der Waals surface area contributed by atoms with Crippen LogP contribution in [0.1, 0.15) is 56.7 Å². The van der Waals surface area contributed by atoms with E-state index in [4.69, 9.17) is 5.10 Å². The standard InChI is InChI=1S/C20H30N4O2S/c1-15(2)20-16(14-24(22-20)17-9-5-4-6-10-17)13-21-18-11-7-8-12-19(18)23-27(3,25)26/h4-6,9-10,14-15,18-19,21,23H,7-8,11-13H2,1-3H3/t18-,19-/m0/s1. The van der Waals surface area contributed by atoms with E-state index in [9.17, 15) is 8.42 Å². The number of benzene rings is 1. The van der Waals surface area contributed by atoms with Gasteiger partial charge in [-0.1, -0.05) is 44.9 Å². The van der Waals surface area contributed by atoms with E-state index in [2.05, 4.69) is 30.1 Å². The SMILES string of the molecule is CC(C)c1nn(-c2ccccc2)cc1CN[C@H]1CCCC[C@@H]1NS(C)(=O)=O. The Morgan fingerprint density at radius 3 is 2.44 bits per heavy atom. The predicted molar refractivity (Wildman–Crippen MR) is 109 cm³/mol. The van der Waals surface area contributed by atoms with E-state index in [1.54, 1.807) is 0 Å². The molecule has 1 aliphatic rings. The first-order chi connectivity index (χ1) is 12.8. The highest BCUT2D eigenvalue weighted by Crippen LogP contribution is 2.23. The first-order valence-electron chi connectivity index (χ1n) is 9.68. The normalized spacial score (nSPS) is 20.9. The fourth-order valence-corrected chi connectivity index (χ4v) is 4.62. The lowest BCUT2D eigenvalue weighted by Gasteiger charge is -2.32. The molecule has 0 bridgehead atoms. The Balaban J connectivity index is 1.75. The van der Waals surface area contributed by atoms with Crippen molar-refractivity contribution in [1.29, 1.82) is 0 Å². The summed E-state index contributed by atoms with van der Waals surface area (Å²) < 4.78 is 28.1. The maximum atomic E-state index is 11.7. The number of aromatic nitrogens is 2. The van der Waals surface area contributed by atoms with Crippen molar-refractivity contribution >= 4 is 10.0 Å². The van der Waals surface area contributed by atoms with E-state index in [0.29, 0.717) is 12.5 Å². The van der Waals surface area contributed by atoms with Gasteiger partial charge < -0.3 is 5.32 Å². The summed E-state index contributed by atoms with van der Waals surface area (Å²) in [5.41, 5.74) is 3.28. The molecule has 148 valence electrons. The number of rotatable bonds is 7. The number of nitrogens with one attached hydrogen (secondary N) is 2. The molecule has 0 saturated heterocycles. The molecule has 2 aromatic rings. The quantitative estimate of drug-likeness (QED) is 0.762. The maximum Gasteiger partial charge on any atom is 0.209 e. The lowest BCUT2D eigenvalue weighted by atomic mass is 9.91. The minimum atomic E-state index is -3.20. The highest BCUT2D eigenvalue weighted by Gasteiger charge is 2.27. The van der Waals surface area contributed by atoms with Gasteiger partial charge in [-0.25, -0.2) is 17.8 Å². The third-order valence-electron chi connectivity index (χ3n) is 5.08. The van der Waals surface area contributed by atoms with E-state index in [1.165, 1.54) is 6.26 Å². The zero-order chi connectivity index (χ0) is 19.4. The van der Waals surface area contributed by atoms with Crippen LogP contribution < -0.4 is 10.0 Å². The Labute approximate surface area is 162 Å². The van der Waals surface area contributed by atoms with Gasteiger partial charge in [0.05, 0.1) is 17.6 Å². The fourth-order valence-electron chi connectivity index (χ4n) is 3.79. The van der Waals surface area contributed by atoms with Gasteiger partial charge in [-0.15, -0.1) is 0 Å². The van der Waals surface area contributed by atoms with Crippen molar-refractivity contribution in [2.24, 2.45) is 0 Å². The number of nitrogens with zero attached hydrogens (tertiary/aromatic N) is 2. The Morgan fingerprint density at radius 2 is 1.81 bits per heavy atom. The molecule has 2 N–H and O–H groups in total. The van der Waals surface area contributed by atoms with Gasteiger partial charge >= 0.3 is 0 Å². The molecule has 1 aromatic heterocycles. The van der Waals surface area contributed by atoms with Crippen molar-refractivity contribution in [3.05, 3.63) is 47.8 Å². The van der Waals surface area contributed by atoms with Crippen LogP contribution in [0.25, 0.3) is 5.69 Å². The van der Waals surface area contributed by atoms with E-state index in [-0.39, 0.29) is 12.1 Å². The van der Waals surface area contributed by atoms with E-state index >= 15 is 0 Å². The van der Waals surface area contributed by atoms with Crippen LogP contribution >= 0.6 is 0 Å². The summed E-state index contributed by atoms with van der Waals surface area (Å²) in [5, 5.41) is 8.38. The molecular formula is C20H30N4O2S. The molecule has 27 heavy (non-hydrogen) atoms. The van der Waals surface area contributed by atoms with Gasteiger partial charge in [-0.2, -0.15) is 5.10 Å². The second-order valence-corrected chi connectivity index (χ2v) is 9.52. The van der Waals surface area contributed by atoms with Crippen LogP contribution in [0, 0.1) is 0 Å². The number of sulfonamides is 1. The Bertz CT molecular complexity index is 846. The Hall–Kier alpha value is -1.70. The molecule has 7 heteroatoms. The zero-order valence-corrected chi connectivity index (χ0v) is 17.2. The second kappa shape index (κ2) is 8.54. The molecule has 1 fully saturated rings. The van der Waals surface area contributed by atoms with Crippen LogP contribution in [0.3, 0.4) is 0 Å². The monoisotopic (exact) mass is 390 g/mol. The van der Waals surface area contributed by atoms with E-state index in [0.717, 1.165) is 42.6 Å². The minimum Gasteiger partial charge on any atom is -0.308 e. The third-order valence-corrected chi connectivity index (χ3v) is 5.81. The van der Waals surface area contributed by atoms with Gasteiger partial charge in [0.1, 0.15) is 0 Å². The molecule has 1 saturated carbocycles. The molecule has 3 rings (SSSR count). The topological polar surface area (TPSA) is 76.0 Å². The molecule has 1 aromatic carbocycles. The van der Waals surface area contributed by atoms with Crippen LogP contribution in [-0.2, 0) is 16.6 Å². The van der Waals surface area contributed by atoms with Crippen LogP contribution in [-0.4, -0.2) is 36.5 Å². The van der Waals surface area contributed by atoms with Crippen LogP contribution in [0.2, 0.25) is 0 Å². The van der Waals surface area contributed by atoms with E-state index in [1.807, 2.05) is 35.0 Å². The van der Waals surface area contributed by atoms with E-state index < -0.39 is 10.0 Å². The largest absolute Gasteiger partial charge is 0.308 e. The Kier molecular flexibility index (Phi) is 6.34. The summed E-state index contributed by atoms with van der Waals surface area (Å²) >= 11 is 0. The first kappa shape index (κ1) is 20.0. The molecule has 2 atom stereocenters. The number of para-hydroxylation sites is 1. The van der Waals surface area contributed by atoms with Crippen LogP contribution in [0.15, 0.2) is 36.5 Å². The predicted octanol–water partition coefficient (Wildman–Crippen LogP) is 2.95. The minimum absolute atomic E-state index is 0.0413. The highest BCUT2D eigenvalue weighted by atomic mass is 32.2. The van der Waals surface area contributed by atoms with Gasteiger partial charge in [0, 0.05) is 30.4 Å². The number of hydrogen-bond acceptors (Lipinski definition) is 4. The summed E-state index contributed by atoms with van der Waals surface area (Å²) in [6.07, 6.45) is 7.37. The van der Waals surface area contributed by atoms with Crippen molar-refractivity contribution in [2.75, 3.05) is 6.26 Å². The molecule has 1 heterocycles. The summed E-state index contributed by atoms with van der Waals surface area (Å²) in [5.74, 6) is 0.322. The van der Waals surface area contributed by atoms with Crippen molar-refractivity contribution in [3.63, 3.8) is 0 Å². The molecule has 6 nitrogen and oxygen atoms in total. The van der Waals surface area contributed by atoms with Crippen LogP contribution in [0.4, 0.5) is 0 Å². The molecule has 0 spiro atoms. The van der Waals surface area contributed by atoms with Gasteiger partial charge in [0.2, 0.25) is 10.0 Å². The summed E-state index contributed by atoms with van der Waals surface area (Å²) in [6.45, 7) is 4.98. The average Bonchev–Trinajstić information content (AvgIpc) is 3.05.